The SMILES string of the molecule is CCCC(CC)COc1nccnc1Oc1ccc(C(=O)c2nc3ccccc3[nH]2)cc1. The van der Waals surface area contributed by atoms with Crippen LogP contribution in [0.3, 0.4) is 0 Å². The summed E-state index contributed by atoms with van der Waals surface area (Å²) in [6.45, 7) is 4.90. The molecule has 0 radical (unpaired) electrons. The molecule has 0 aliphatic rings. The number of nitrogens with one attached hydrogen (secondary N) is 1. The number of H-pyrrole nitrogens is 1. The van der Waals surface area contributed by atoms with Crippen molar-refractivity contribution in [3.63, 3.8) is 0 Å². The molecule has 1 atom stereocenters. The van der Waals surface area contributed by atoms with Crippen molar-refractivity contribution in [1.29, 1.82) is 0 Å². The Bertz CT molecular complexity index is 1150. The molecule has 7 heteroatoms. The zero-order chi connectivity index (χ0) is 22.3. The first-order valence-electron chi connectivity index (χ1n) is 10.9. The van der Waals surface area contributed by atoms with E-state index in [-0.39, 0.29) is 5.78 Å². The van der Waals surface area contributed by atoms with Crippen LogP contribution in [-0.2, 0) is 0 Å². The third kappa shape index (κ3) is 4.94. The van der Waals surface area contributed by atoms with Gasteiger partial charge in [-0.1, -0.05) is 38.8 Å². The van der Waals surface area contributed by atoms with E-state index in [1.54, 1.807) is 36.7 Å². The molecule has 0 spiro atoms. The van der Waals surface area contributed by atoms with Gasteiger partial charge in [-0.05, 0) is 48.7 Å². The molecule has 0 saturated carbocycles. The van der Waals surface area contributed by atoms with Crippen molar-refractivity contribution in [1.82, 2.24) is 19.9 Å². The molecule has 2 aromatic carbocycles. The average molecular weight is 431 g/mol. The summed E-state index contributed by atoms with van der Waals surface area (Å²) < 4.78 is 11.8. The number of imidazole rings is 1. The maximum Gasteiger partial charge on any atom is 0.283 e. The largest absolute Gasteiger partial charge is 0.474 e. The van der Waals surface area contributed by atoms with Gasteiger partial charge in [0.25, 0.3) is 11.8 Å². The fourth-order valence-corrected chi connectivity index (χ4v) is 3.47. The number of para-hydroxylation sites is 2. The highest BCUT2D eigenvalue weighted by molar-refractivity contribution is 6.08. The number of hydrogen-bond acceptors (Lipinski definition) is 6. The number of ether oxygens (including phenoxy) is 2. The van der Waals surface area contributed by atoms with E-state index in [0.717, 1.165) is 30.3 Å². The van der Waals surface area contributed by atoms with Gasteiger partial charge in [0.1, 0.15) is 5.75 Å². The number of fused-ring (bicyclic) bond motifs is 1. The van der Waals surface area contributed by atoms with Crippen molar-refractivity contribution in [2.75, 3.05) is 6.61 Å². The van der Waals surface area contributed by atoms with Crippen LogP contribution in [0.1, 0.15) is 49.3 Å². The highest BCUT2D eigenvalue weighted by atomic mass is 16.5. The number of rotatable bonds is 10. The summed E-state index contributed by atoms with van der Waals surface area (Å²) in [5.74, 6) is 1.80. The van der Waals surface area contributed by atoms with Crippen LogP contribution in [0, 0.1) is 5.92 Å². The van der Waals surface area contributed by atoms with Gasteiger partial charge in [-0.25, -0.2) is 15.0 Å². The quantitative estimate of drug-likeness (QED) is 0.330. The summed E-state index contributed by atoms with van der Waals surface area (Å²) in [6.07, 6.45) is 6.41. The molecule has 1 unspecified atom stereocenters. The molecule has 0 fully saturated rings. The van der Waals surface area contributed by atoms with E-state index in [0.29, 0.717) is 41.4 Å². The van der Waals surface area contributed by atoms with Crippen molar-refractivity contribution >= 4 is 16.8 Å². The van der Waals surface area contributed by atoms with Crippen molar-refractivity contribution < 1.29 is 14.3 Å². The Balaban J connectivity index is 1.45. The highest BCUT2D eigenvalue weighted by Gasteiger charge is 2.16. The standard InChI is InChI=1S/C25H26N4O3/c1-3-7-17(4-2)16-31-24-25(27-15-14-26-24)32-19-12-10-18(11-13-19)22(30)23-28-20-8-5-6-9-21(20)29-23/h5-6,8-15,17H,3-4,7,16H2,1-2H3,(H,28,29). The molecule has 2 heterocycles. The van der Waals surface area contributed by atoms with Gasteiger partial charge in [0, 0.05) is 18.0 Å². The van der Waals surface area contributed by atoms with E-state index in [1.165, 1.54) is 0 Å². The monoisotopic (exact) mass is 430 g/mol. The maximum absolute atomic E-state index is 12.8. The molecule has 0 bridgehead atoms. The molecule has 2 aromatic heterocycles. The molecule has 4 aromatic rings. The number of carbonyl (C=O) groups excluding carboxylic acids is 1. The number of hydrogen-bond donors (Lipinski definition) is 1. The number of nitrogens with zero attached hydrogens (tertiary/aromatic N) is 3. The third-order valence-corrected chi connectivity index (χ3v) is 5.30. The highest BCUT2D eigenvalue weighted by Crippen LogP contribution is 2.28. The van der Waals surface area contributed by atoms with Gasteiger partial charge in [0.15, 0.2) is 5.82 Å². The molecule has 4 rings (SSSR count). The zero-order valence-corrected chi connectivity index (χ0v) is 18.2. The molecule has 1 N–H and O–H groups in total. The van der Waals surface area contributed by atoms with Crippen LogP contribution in [0.25, 0.3) is 11.0 Å². The van der Waals surface area contributed by atoms with Gasteiger partial charge >= 0.3 is 0 Å². The van der Waals surface area contributed by atoms with E-state index in [9.17, 15) is 4.79 Å². The Morgan fingerprint density at radius 3 is 2.47 bits per heavy atom. The Hall–Kier alpha value is -3.74. The van der Waals surface area contributed by atoms with Gasteiger partial charge < -0.3 is 14.5 Å². The number of benzene rings is 2. The van der Waals surface area contributed by atoms with Gasteiger partial charge in [-0.15, -0.1) is 0 Å². The average Bonchev–Trinajstić information content (AvgIpc) is 3.27. The second-order valence-electron chi connectivity index (χ2n) is 7.60. The summed E-state index contributed by atoms with van der Waals surface area (Å²) in [7, 11) is 0. The van der Waals surface area contributed by atoms with Crippen LogP contribution in [0.5, 0.6) is 17.5 Å². The molecule has 0 aliphatic heterocycles. The van der Waals surface area contributed by atoms with E-state index in [4.69, 9.17) is 9.47 Å². The maximum atomic E-state index is 12.8. The molecule has 0 saturated heterocycles. The molecule has 32 heavy (non-hydrogen) atoms. The lowest BCUT2D eigenvalue weighted by Crippen LogP contribution is -2.12. The minimum Gasteiger partial charge on any atom is -0.474 e. The number of aromatic nitrogens is 4. The Morgan fingerprint density at radius 1 is 1.00 bits per heavy atom. The first-order chi connectivity index (χ1) is 15.7. The first kappa shape index (κ1) is 21.5. The lowest BCUT2D eigenvalue weighted by atomic mass is 10.0. The molecule has 164 valence electrons. The molecular weight excluding hydrogens is 404 g/mol. The third-order valence-electron chi connectivity index (χ3n) is 5.30. The lowest BCUT2D eigenvalue weighted by molar-refractivity contribution is 0.103. The summed E-state index contributed by atoms with van der Waals surface area (Å²) >= 11 is 0. The Morgan fingerprint density at radius 2 is 1.75 bits per heavy atom. The normalized spacial score (nSPS) is 11.9. The molecule has 0 amide bonds. The van der Waals surface area contributed by atoms with Crippen LogP contribution in [0.4, 0.5) is 0 Å². The fourth-order valence-electron chi connectivity index (χ4n) is 3.47. The smallest absolute Gasteiger partial charge is 0.283 e. The number of ketones is 1. The minimum atomic E-state index is -0.183. The summed E-state index contributed by atoms with van der Waals surface area (Å²) in [5, 5.41) is 0. The van der Waals surface area contributed by atoms with E-state index in [1.807, 2.05) is 24.3 Å². The van der Waals surface area contributed by atoms with Crippen molar-refractivity contribution in [2.24, 2.45) is 5.92 Å². The van der Waals surface area contributed by atoms with E-state index >= 15 is 0 Å². The summed E-state index contributed by atoms with van der Waals surface area (Å²) in [5.41, 5.74) is 2.10. The second kappa shape index (κ2) is 10.0. The topological polar surface area (TPSA) is 90.0 Å². The molecular formula is C25H26N4O3. The Kier molecular flexibility index (Phi) is 6.75. The van der Waals surface area contributed by atoms with Gasteiger partial charge in [0.2, 0.25) is 5.78 Å². The molecule has 0 aliphatic carbocycles. The first-order valence-corrected chi connectivity index (χ1v) is 10.9. The second-order valence-corrected chi connectivity index (χ2v) is 7.60. The number of aromatic amines is 1. The van der Waals surface area contributed by atoms with Gasteiger partial charge in [0.05, 0.1) is 17.6 Å². The predicted molar refractivity (Wildman–Crippen MR) is 122 cm³/mol. The summed E-state index contributed by atoms with van der Waals surface area (Å²) in [6, 6.07) is 14.4. The predicted octanol–water partition coefficient (Wildman–Crippen LogP) is 5.58. The van der Waals surface area contributed by atoms with Crippen molar-refractivity contribution in [2.45, 2.75) is 33.1 Å². The van der Waals surface area contributed by atoms with Crippen LogP contribution < -0.4 is 9.47 Å². The van der Waals surface area contributed by atoms with E-state index in [2.05, 4.69) is 33.8 Å². The Labute approximate surface area is 186 Å². The van der Waals surface area contributed by atoms with Crippen LogP contribution in [0.2, 0.25) is 0 Å². The van der Waals surface area contributed by atoms with Crippen molar-refractivity contribution in [3.8, 4) is 17.5 Å². The summed E-state index contributed by atoms with van der Waals surface area (Å²) in [4.78, 5) is 28.8. The zero-order valence-electron chi connectivity index (χ0n) is 18.2. The van der Waals surface area contributed by atoms with Crippen LogP contribution >= 0.6 is 0 Å². The molecule has 7 nitrogen and oxygen atoms in total. The van der Waals surface area contributed by atoms with Crippen LogP contribution in [-0.4, -0.2) is 32.3 Å². The van der Waals surface area contributed by atoms with E-state index < -0.39 is 0 Å². The minimum absolute atomic E-state index is 0.183. The van der Waals surface area contributed by atoms with Gasteiger partial charge in [-0.3, -0.25) is 4.79 Å². The fraction of sp³-hybridized carbons (Fsp3) is 0.280. The number of carbonyl (C=O) groups is 1. The van der Waals surface area contributed by atoms with Gasteiger partial charge in [-0.2, -0.15) is 0 Å². The lowest BCUT2D eigenvalue weighted by Gasteiger charge is -2.15. The van der Waals surface area contributed by atoms with Crippen LogP contribution in [0.15, 0.2) is 60.9 Å². The van der Waals surface area contributed by atoms with Crippen molar-refractivity contribution in [3.05, 3.63) is 72.3 Å².